The molecule has 1 atom stereocenters. The van der Waals surface area contributed by atoms with Crippen LogP contribution in [0.25, 0.3) is 0 Å². The van der Waals surface area contributed by atoms with Crippen molar-refractivity contribution in [2.75, 3.05) is 11.4 Å². The maximum absolute atomic E-state index is 11.9. The molecule has 1 amide bonds. The van der Waals surface area contributed by atoms with Gasteiger partial charge in [0.1, 0.15) is 0 Å². The Bertz CT molecular complexity index is 446. The quantitative estimate of drug-likeness (QED) is 0.587. The third-order valence-corrected chi connectivity index (χ3v) is 2.58. The molecule has 1 aliphatic heterocycles. The third-order valence-electron chi connectivity index (χ3n) is 2.58. The lowest BCUT2D eigenvalue weighted by atomic mass is 10.2. The van der Waals surface area contributed by atoms with E-state index in [1.165, 1.54) is 4.90 Å². The van der Waals surface area contributed by atoms with Crippen molar-refractivity contribution in [2.45, 2.75) is 12.2 Å². The molecule has 6 nitrogen and oxygen atoms in total. The molecule has 0 spiro atoms. The van der Waals surface area contributed by atoms with Gasteiger partial charge in [-0.1, -0.05) is 18.2 Å². The van der Waals surface area contributed by atoms with Crippen LogP contribution >= 0.6 is 0 Å². The van der Waals surface area contributed by atoms with E-state index in [1.807, 2.05) is 0 Å². The number of para-hydroxylation sites is 1. The Labute approximate surface area is 97.0 Å². The molecule has 6 heteroatoms. The molecule has 2 rings (SSSR count). The van der Waals surface area contributed by atoms with Crippen LogP contribution in [0.2, 0.25) is 0 Å². The maximum atomic E-state index is 11.9. The molecule has 2 N–H and O–H groups in total. The third kappa shape index (κ3) is 2.07. The number of rotatable bonds is 2. The number of amides is 1. The number of nitrogens with zero attached hydrogens (tertiary/aromatic N) is 1. The van der Waals surface area contributed by atoms with Crippen LogP contribution in [0.15, 0.2) is 30.3 Å². The van der Waals surface area contributed by atoms with Crippen LogP contribution in [0, 0.1) is 0 Å². The van der Waals surface area contributed by atoms with E-state index in [0.717, 1.165) is 0 Å². The lowest BCUT2D eigenvalue weighted by Crippen LogP contribution is -2.43. The first kappa shape index (κ1) is 11.4. The molecule has 0 radical (unpaired) electrons. The fourth-order valence-corrected chi connectivity index (χ4v) is 1.78. The highest BCUT2D eigenvalue weighted by molar-refractivity contribution is 6.01. The van der Waals surface area contributed by atoms with Crippen molar-refractivity contribution < 1.29 is 24.5 Å². The summed E-state index contributed by atoms with van der Waals surface area (Å²) in [6.07, 6.45) is -1.75. The number of hydrogen-bond donors (Lipinski definition) is 2. The lowest BCUT2D eigenvalue weighted by Gasteiger charge is -2.20. The second kappa shape index (κ2) is 4.06. The van der Waals surface area contributed by atoms with Gasteiger partial charge in [0.2, 0.25) is 0 Å². The normalized spacial score (nSPS) is 23.8. The highest BCUT2D eigenvalue weighted by Crippen LogP contribution is 2.28. The smallest absolute Gasteiger partial charge is 0.450 e. The largest absolute Gasteiger partial charge is 0.508 e. The van der Waals surface area contributed by atoms with Gasteiger partial charge in [0.15, 0.2) is 0 Å². The fraction of sp³-hybridized carbons (Fsp3) is 0.273. The van der Waals surface area contributed by atoms with Crippen molar-refractivity contribution in [3.8, 4) is 0 Å². The first-order valence-corrected chi connectivity index (χ1v) is 5.04. The topological polar surface area (TPSA) is 87.1 Å². The Hall–Kier alpha value is -2.08. The molecule has 0 bridgehead atoms. The van der Waals surface area contributed by atoms with E-state index in [4.69, 9.17) is 5.11 Å². The van der Waals surface area contributed by atoms with E-state index in [2.05, 4.69) is 4.74 Å². The average molecular weight is 237 g/mol. The van der Waals surface area contributed by atoms with Crippen molar-refractivity contribution >= 4 is 17.7 Å². The molecule has 90 valence electrons. The molecule has 1 heterocycles. The average Bonchev–Trinajstić information content (AvgIpc) is 2.56. The summed E-state index contributed by atoms with van der Waals surface area (Å²) in [5.41, 5.74) is 0.599. The van der Waals surface area contributed by atoms with Crippen LogP contribution in [-0.2, 0) is 9.53 Å². The number of anilines is 1. The highest BCUT2D eigenvalue weighted by Gasteiger charge is 2.49. The zero-order chi connectivity index (χ0) is 12.5. The minimum absolute atomic E-state index is 0.0764. The highest BCUT2D eigenvalue weighted by atomic mass is 16.7. The molecular formula is C11H11NO5. The molecule has 1 saturated heterocycles. The van der Waals surface area contributed by atoms with Gasteiger partial charge in [-0.3, -0.25) is 4.79 Å². The van der Waals surface area contributed by atoms with E-state index in [1.54, 1.807) is 30.3 Å². The zero-order valence-electron chi connectivity index (χ0n) is 8.87. The molecular weight excluding hydrogens is 226 g/mol. The van der Waals surface area contributed by atoms with E-state index < -0.39 is 17.8 Å². The van der Waals surface area contributed by atoms with Gasteiger partial charge in [-0.15, -0.1) is 0 Å². The Morgan fingerprint density at radius 3 is 2.59 bits per heavy atom. The van der Waals surface area contributed by atoms with Crippen LogP contribution in [0.1, 0.15) is 6.42 Å². The van der Waals surface area contributed by atoms with E-state index in [9.17, 15) is 14.7 Å². The second-order valence-electron chi connectivity index (χ2n) is 3.69. The molecule has 0 saturated carbocycles. The monoisotopic (exact) mass is 237 g/mol. The molecule has 0 aromatic heterocycles. The van der Waals surface area contributed by atoms with Gasteiger partial charge in [-0.05, 0) is 12.1 Å². The molecule has 0 aliphatic carbocycles. The minimum Gasteiger partial charge on any atom is -0.450 e. The van der Waals surface area contributed by atoms with Crippen LogP contribution in [0.5, 0.6) is 0 Å². The van der Waals surface area contributed by atoms with Gasteiger partial charge in [0.05, 0.1) is 0 Å². The Kier molecular flexibility index (Phi) is 2.72. The van der Waals surface area contributed by atoms with Gasteiger partial charge < -0.3 is 19.8 Å². The zero-order valence-corrected chi connectivity index (χ0v) is 8.87. The van der Waals surface area contributed by atoms with E-state index in [-0.39, 0.29) is 13.0 Å². The predicted octanol–water partition coefficient (Wildman–Crippen LogP) is 0.807. The van der Waals surface area contributed by atoms with E-state index >= 15 is 0 Å². The molecule has 0 unspecified atom stereocenters. The minimum atomic E-state index is -2.26. The summed E-state index contributed by atoms with van der Waals surface area (Å²) in [5.74, 6) is -3.02. The molecule has 1 aliphatic rings. The number of ether oxygens (including phenoxy) is 1. The first-order valence-electron chi connectivity index (χ1n) is 5.04. The number of hydrogen-bond acceptors (Lipinski definition) is 4. The van der Waals surface area contributed by atoms with Crippen LogP contribution in [0.3, 0.4) is 0 Å². The molecule has 17 heavy (non-hydrogen) atoms. The van der Waals surface area contributed by atoms with Crippen molar-refractivity contribution in [3.05, 3.63) is 30.3 Å². The number of carbonyl (C=O) groups is 2. The van der Waals surface area contributed by atoms with Crippen LogP contribution < -0.4 is 4.90 Å². The van der Waals surface area contributed by atoms with Gasteiger partial charge in [0, 0.05) is 18.7 Å². The Morgan fingerprint density at radius 2 is 2.00 bits per heavy atom. The number of carbonyl (C=O) groups excluding carboxylic acids is 1. The fourth-order valence-electron chi connectivity index (χ4n) is 1.78. The van der Waals surface area contributed by atoms with E-state index in [0.29, 0.717) is 5.69 Å². The van der Waals surface area contributed by atoms with Gasteiger partial charge in [0.25, 0.3) is 11.7 Å². The molecule has 1 aromatic carbocycles. The number of aliphatic hydroxyl groups is 1. The number of benzene rings is 1. The van der Waals surface area contributed by atoms with Crippen LogP contribution in [-0.4, -0.2) is 34.6 Å². The van der Waals surface area contributed by atoms with Crippen LogP contribution in [0.4, 0.5) is 10.5 Å². The first-order chi connectivity index (χ1) is 8.03. The predicted molar refractivity (Wildman–Crippen MR) is 57.5 cm³/mol. The lowest BCUT2D eigenvalue weighted by molar-refractivity contribution is -0.180. The maximum Gasteiger partial charge on any atom is 0.508 e. The summed E-state index contributed by atoms with van der Waals surface area (Å²) < 4.78 is 4.24. The second-order valence-corrected chi connectivity index (χ2v) is 3.69. The summed E-state index contributed by atoms with van der Waals surface area (Å²) in [5, 5.41) is 18.2. The van der Waals surface area contributed by atoms with Gasteiger partial charge in [-0.25, -0.2) is 4.79 Å². The van der Waals surface area contributed by atoms with Gasteiger partial charge >= 0.3 is 6.16 Å². The van der Waals surface area contributed by atoms with Crippen molar-refractivity contribution in [1.29, 1.82) is 0 Å². The molecule has 1 fully saturated rings. The number of carboxylic acid groups (broad SMARTS) is 1. The van der Waals surface area contributed by atoms with Crippen molar-refractivity contribution in [3.63, 3.8) is 0 Å². The van der Waals surface area contributed by atoms with Crippen molar-refractivity contribution in [2.24, 2.45) is 0 Å². The van der Waals surface area contributed by atoms with Gasteiger partial charge in [-0.2, -0.15) is 0 Å². The summed E-state index contributed by atoms with van der Waals surface area (Å²) in [4.78, 5) is 23.5. The summed E-state index contributed by atoms with van der Waals surface area (Å²) in [6, 6.07) is 8.69. The summed E-state index contributed by atoms with van der Waals surface area (Å²) in [7, 11) is 0. The Balaban J connectivity index is 2.21. The summed E-state index contributed by atoms with van der Waals surface area (Å²) in [6.45, 7) is 0.215. The standard InChI is InChI=1S/C11H11NO5/c13-9-11(16,17-10(14)15)6-7-12(9)8-4-2-1-3-5-8/h1-5,16H,6-7H2,(H,14,15)/t11-/m0/s1. The Morgan fingerprint density at radius 1 is 1.35 bits per heavy atom. The summed E-state index contributed by atoms with van der Waals surface area (Å²) >= 11 is 0. The van der Waals surface area contributed by atoms with Crippen molar-refractivity contribution in [1.82, 2.24) is 0 Å². The SMILES string of the molecule is O=C(O)O[C@@]1(O)CCN(c2ccccc2)C1=O. The molecule has 1 aromatic rings.